The van der Waals surface area contributed by atoms with Crippen LogP contribution < -0.4 is 5.73 Å². The van der Waals surface area contributed by atoms with Crippen molar-refractivity contribution in [2.45, 2.75) is 58.9 Å². The molecule has 2 N–H and O–H groups in total. The third-order valence-electron chi connectivity index (χ3n) is 4.57. The second-order valence-corrected chi connectivity index (χ2v) is 6.60. The summed E-state index contributed by atoms with van der Waals surface area (Å²) < 4.78 is 2.89. The Hall–Kier alpha value is -0.680. The maximum Gasteiger partial charge on any atom is 0.146 e. The molecule has 0 aromatic carbocycles. The first-order valence-electron chi connectivity index (χ1n) is 7.49. The lowest BCUT2D eigenvalue weighted by molar-refractivity contribution is -0.129. The van der Waals surface area contributed by atoms with E-state index in [2.05, 4.69) is 21.0 Å². The van der Waals surface area contributed by atoms with E-state index in [1.165, 1.54) is 6.42 Å². The molecule has 1 aliphatic carbocycles. The number of ketones is 1. The van der Waals surface area contributed by atoms with Crippen LogP contribution in [-0.4, -0.2) is 22.1 Å². The van der Waals surface area contributed by atoms with E-state index in [1.807, 2.05) is 18.5 Å². The Bertz CT molecular complexity index is 490. The second-order valence-electron chi connectivity index (χ2n) is 5.81. The molecule has 0 bridgehead atoms. The zero-order chi connectivity index (χ0) is 14.8. The van der Waals surface area contributed by atoms with Crippen molar-refractivity contribution in [3.8, 4) is 0 Å². The molecule has 20 heavy (non-hydrogen) atoms. The van der Waals surface area contributed by atoms with Crippen LogP contribution >= 0.6 is 15.9 Å². The van der Waals surface area contributed by atoms with Crippen LogP contribution in [0, 0.1) is 12.3 Å². The zero-order valence-corrected chi connectivity index (χ0v) is 14.0. The number of carbonyl (C=O) groups is 1. The lowest BCUT2D eigenvalue weighted by atomic mass is 9.70. The summed E-state index contributed by atoms with van der Waals surface area (Å²) in [6.07, 6.45) is 5.79. The van der Waals surface area contributed by atoms with Gasteiger partial charge in [0.05, 0.1) is 22.3 Å². The number of halogens is 1. The molecule has 1 saturated carbocycles. The number of hydrogen-bond donors (Lipinski definition) is 1. The van der Waals surface area contributed by atoms with Crippen LogP contribution in [0.1, 0.15) is 50.4 Å². The van der Waals surface area contributed by atoms with Gasteiger partial charge < -0.3 is 5.73 Å². The van der Waals surface area contributed by atoms with Gasteiger partial charge in [0.1, 0.15) is 5.78 Å². The SMILES string of the molecule is CCn1nc(C)c(Br)c1CC(=O)C1(CN)CCCCC1. The Labute approximate surface area is 129 Å². The van der Waals surface area contributed by atoms with Gasteiger partial charge in [0.15, 0.2) is 0 Å². The van der Waals surface area contributed by atoms with Crippen molar-refractivity contribution in [1.29, 1.82) is 0 Å². The summed E-state index contributed by atoms with van der Waals surface area (Å²) in [6, 6.07) is 0. The fraction of sp³-hybridized carbons (Fsp3) is 0.733. The number of hydrogen-bond acceptors (Lipinski definition) is 3. The standard InChI is InChI=1S/C15H24BrN3O/c1-3-19-12(14(16)11(2)18-19)9-13(20)15(10-17)7-5-4-6-8-15/h3-10,17H2,1-2H3. The maximum atomic E-state index is 12.8. The molecule has 5 heteroatoms. The molecule has 0 aliphatic heterocycles. The summed E-state index contributed by atoms with van der Waals surface area (Å²) >= 11 is 3.57. The van der Waals surface area contributed by atoms with E-state index >= 15 is 0 Å². The summed E-state index contributed by atoms with van der Waals surface area (Å²) in [7, 11) is 0. The highest BCUT2D eigenvalue weighted by molar-refractivity contribution is 9.10. The topological polar surface area (TPSA) is 60.9 Å². The van der Waals surface area contributed by atoms with Crippen LogP contribution in [0.15, 0.2) is 4.47 Å². The molecule has 1 aromatic heterocycles. The number of aromatic nitrogens is 2. The van der Waals surface area contributed by atoms with E-state index in [0.29, 0.717) is 13.0 Å². The zero-order valence-electron chi connectivity index (χ0n) is 12.4. The average Bonchev–Trinajstić information content (AvgIpc) is 2.75. The van der Waals surface area contributed by atoms with E-state index in [4.69, 9.17) is 5.73 Å². The van der Waals surface area contributed by atoms with Crippen molar-refractivity contribution in [1.82, 2.24) is 9.78 Å². The number of carbonyl (C=O) groups excluding carboxylic acids is 1. The Kier molecular flexibility index (Phi) is 5.02. The van der Waals surface area contributed by atoms with Gasteiger partial charge in [-0.1, -0.05) is 19.3 Å². The van der Waals surface area contributed by atoms with Gasteiger partial charge in [-0.2, -0.15) is 5.10 Å². The molecule has 0 spiro atoms. The molecule has 1 fully saturated rings. The van der Waals surface area contributed by atoms with Crippen molar-refractivity contribution in [2.24, 2.45) is 11.1 Å². The third kappa shape index (κ3) is 2.84. The van der Waals surface area contributed by atoms with Crippen molar-refractivity contribution in [3.05, 3.63) is 15.9 Å². The molecular weight excluding hydrogens is 318 g/mol. The monoisotopic (exact) mass is 341 g/mol. The van der Waals surface area contributed by atoms with E-state index in [9.17, 15) is 4.79 Å². The highest BCUT2D eigenvalue weighted by atomic mass is 79.9. The summed E-state index contributed by atoms with van der Waals surface area (Å²) in [5, 5.41) is 4.46. The van der Waals surface area contributed by atoms with Crippen LogP contribution in [0.4, 0.5) is 0 Å². The highest BCUT2D eigenvalue weighted by Crippen LogP contribution is 2.37. The first kappa shape index (κ1) is 15.7. The molecule has 1 aliphatic rings. The average molecular weight is 342 g/mol. The van der Waals surface area contributed by atoms with Gasteiger partial charge in [0.2, 0.25) is 0 Å². The molecule has 4 nitrogen and oxygen atoms in total. The van der Waals surface area contributed by atoms with E-state index in [0.717, 1.165) is 48.1 Å². The summed E-state index contributed by atoms with van der Waals surface area (Å²) in [5.41, 5.74) is 7.59. The molecule has 2 rings (SSSR count). The fourth-order valence-electron chi connectivity index (χ4n) is 3.20. The lowest BCUT2D eigenvalue weighted by Gasteiger charge is -2.34. The van der Waals surface area contributed by atoms with E-state index < -0.39 is 0 Å². The fourth-order valence-corrected chi connectivity index (χ4v) is 3.63. The van der Waals surface area contributed by atoms with E-state index in [1.54, 1.807) is 0 Å². The molecule has 0 saturated heterocycles. The number of Topliss-reactive ketones (excluding diaryl/α,β-unsaturated/α-hetero) is 1. The van der Waals surface area contributed by atoms with Gasteiger partial charge in [-0.25, -0.2) is 0 Å². The van der Waals surface area contributed by atoms with Gasteiger partial charge in [0, 0.05) is 18.5 Å². The van der Waals surface area contributed by atoms with Crippen molar-refractivity contribution in [3.63, 3.8) is 0 Å². The van der Waals surface area contributed by atoms with Crippen molar-refractivity contribution >= 4 is 21.7 Å². The summed E-state index contributed by atoms with van der Waals surface area (Å²) in [5.74, 6) is 0.287. The Morgan fingerprint density at radius 2 is 2.05 bits per heavy atom. The van der Waals surface area contributed by atoms with Crippen LogP contribution in [0.25, 0.3) is 0 Å². The first-order valence-corrected chi connectivity index (χ1v) is 8.28. The Morgan fingerprint density at radius 3 is 2.60 bits per heavy atom. The predicted molar refractivity (Wildman–Crippen MR) is 83.6 cm³/mol. The molecular formula is C15H24BrN3O. The van der Waals surface area contributed by atoms with Gasteiger partial charge in [-0.15, -0.1) is 0 Å². The Balaban J connectivity index is 2.22. The molecule has 0 radical (unpaired) electrons. The molecule has 112 valence electrons. The van der Waals surface area contributed by atoms with Crippen LogP contribution in [-0.2, 0) is 17.8 Å². The van der Waals surface area contributed by atoms with Crippen LogP contribution in [0.5, 0.6) is 0 Å². The predicted octanol–water partition coefficient (Wildman–Crippen LogP) is 2.99. The maximum absolute atomic E-state index is 12.8. The van der Waals surface area contributed by atoms with Gasteiger partial charge in [0.25, 0.3) is 0 Å². The largest absolute Gasteiger partial charge is 0.329 e. The molecule has 1 heterocycles. The first-order chi connectivity index (χ1) is 9.54. The number of nitrogens with two attached hydrogens (primary N) is 1. The van der Waals surface area contributed by atoms with Crippen molar-refractivity contribution in [2.75, 3.05) is 6.54 Å². The highest BCUT2D eigenvalue weighted by Gasteiger charge is 2.38. The van der Waals surface area contributed by atoms with Gasteiger partial charge >= 0.3 is 0 Å². The van der Waals surface area contributed by atoms with E-state index in [-0.39, 0.29) is 11.2 Å². The quantitative estimate of drug-likeness (QED) is 0.895. The molecule has 1 aromatic rings. The van der Waals surface area contributed by atoms with Gasteiger partial charge in [-0.3, -0.25) is 9.48 Å². The minimum Gasteiger partial charge on any atom is -0.329 e. The third-order valence-corrected chi connectivity index (χ3v) is 5.61. The summed E-state index contributed by atoms with van der Waals surface area (Å²) in [4.78, 5) is 12.8. The van der Waals surface area contributed by atoms with Crippen LogP contribution in [0.3, 0.4) is 0 Å². The number of aryl methyl sites for hydroxylation is 2. The lowest BCUT2D eigenvalue weighted by Crippen LogP contribution is -2.41. The Morgan fingerprint density at radius 1 is 1.40 bits per heavy atom. The smallest absolute Gasteiger partial charge is 0.146 e. The van der Waals surface area contributed by atoms with Crippen molar-refractivity contribution < 1.29 is 4.79 Å². The minimum absolute atomic E-state index is 0.287. The normalized spacial score (nSPS) is 18.2. The molecule has 0 unspecified atom stereocenters. The second kappa shape index (κ2) is 6.39. The molecule has 0 atom stereocenters. The number of nitrogens with zero attached hydrogens (tertiary/aromatic N) is 2. The number of rotatable bonds is 5. The van der Waals surface area contributed by atoms with Crippen LogP contribution in [0.2, 0.25) is 0 Å². The summed E-state index contributed by atoms with van der Waals surface area (Å²) in [6.45, 7) is 5.27. The van der Waals surface area contributed by atoms with Gasteiger partial charge in [-0.05, 0) is 42.6 Å². The minimum atomic E-state index is -0.297. The molecule has 0 amide bonds.